The number of nitrogens with zero attached hydrogens (tertiary/aromatic N) is 1. The molecule has 18 heavy (non-hydrogen) atoms. The van der Waals surface area contributed by atoms with Gasteiger partial charge in [0.05, 0.1) is 13.2 Å². The van der Waals surface area contributed by atoms with Crippen LogP contribution in [0, 0.1) is 0 Å². The van der Waals surface area contributed by atoms with E-state index in [9.17, 15) is 4.79 Å². The molecular formula is C12H25ClN2O3. The molecular weight excluding hydrogens is 256 g/mol. The van der Waals surface area contributed by atoms with Gasteiger partial charge in [-0.1, -0.05) is 0 Å². The molecule has 2 atom stereocenters. The zero-order valence-corrected chi connectivity index (χ0v) is 12.1. The Hall–Kier alpha value is -0.360. The van der Waals surface area contributed by atoms with Crippen molar-refractivity contribution in [3.8, 4) is 0 Å². The van der Waals surface area contributed by atoms with E-state index in [1.165, 1.54) is 0 Å². The van der Waals surface area contributed by atoms with Crippen molar-refractivity contribution in [3.05, 3.63) is 0 Å². The molecule has 2 unspecified atom stereocenters. The third-order valence-electron chi connectivity index (χ3n) is 2.92. The van der Waals surface area contributed by atoms with Crippen LogP contribution >= 0.6 is 12.4 Å². The van der Waals surface area contributed by atoms with Gasteiger partial charge in [-0.25, -0.2) is 0 Å². The van der Waals surface area contributed by atoms with Gasteiger partial charge in [0.2, 0.25) is 0 Å². The molecule has 1 aliphatic rings. The first-order valence-electron chi connectivity index (χ1n) is 6.38. The van der Waals surface area contributed by atoms with E-state index < -0.39 is 6.10 Å². The maximum atomic E-state index is 12.0. The molecule has 108 valence electrons. The van der Waals surface area contributed by atoms with E-state index in [4.69, 9.17) is 15.2 Å². The van der Waals surface area contributed by atoms with Crippen LogP contribution in [0.4, 0.5) is 0 Å². The highest BCUT2D eigenvalue weighted by Gasteiger charge is 2.25. The molecule has 1 amide bonds. The summed E-state index contributed by atoms with van der Waals surface area (Å²) in [5.41, 5.74) is 5.85. The normalized spacial score (nSPS) is 21.3. The summed E-state index contributed by atoms with van der Waals surface area (Å²) in [6, 6.07) is 0.114. The highest BCUT2D eigenvalue weighted by atomic mass is 35.5. The van der Waals surface area contributed by atoms with Gasteiger partial charge in [0, 0.05) is 25.7 Å². The largest absolute Gasteiger partial charge is 0.379 e. The number of nitrogens with two attached hydrogens (primary N) is 1. The smallest absolute Gasteiger partial charge is 0.251 e. The molecule has 5 nitrogen and oxygen atoms in total. The van der Waals surface area contributed by atoms with Crippen LogP contribution in [-0.2, 0) is 14.3 Å². The second-order valence-corrected chi connectivity index (χ2v) is 4.40. The lowest BCUT2D eigenvalue weighted by Crippen LogP contribution is -2.49. The maximum Gasteiger partial charge on any atom is 0.251 e. The van der Waals surface area contributed by atoms with Crippen molar-refractivity contribution in [3.63, 3.8) is 0 Å². The van der Waals surface area contributed by atoms with Crippen molar-refractivity contribution in [1.29, 1.82) is 0 Å². The summed E-state index contributed by atoms with van der Waals surface area (Å²) in [5, 5.41) is 0. The van der Waals surface area contributed by atoms with Gasteiger partial charge in [-0.3, -0.25) is 4.79 Å². The molecule has 0 aromatic heterocycles. The van der Waals surface area contributed by atoms with E-state index in [2.05, 4.69) is 0 Å². The molecule has 0 radical (unpaired) electrons. The number of carbonyl (C=O) groups is 1. The van der Waals surface area contributed by atoms with E-state index in [0.717, 1.165) is 19.4 Å². The monoisotopic (exact) mass is 280 g/mol. The summed E-state index contributed by atoms with van der Waals surface area (Å²) in [6.07, 6.45) is 1.59. The molecule has 1 aliphatic heterocycles. The molecule has 1 fully saturated rings. The lowest BCUT2D eigenvalue weighted by Gasteiger charge is -2.32. The number of piperidine rings is 1. The predicted molar refractivity (Wildman–Crippen MR) is 72.9 cm³/mol. The van der Waals surface area contributed by atoms with Gasteiger partial charge in [0.1, 0.15) is 6.10 Å². The fourth-order valence-electron chi connectivity index (χ4n) is 1.97. The summed E-state index contributed by atoms with van der Waals surface area (Å²) in [6.45, 7) is 6.84. The van der Waals surface area contributed by atoms with Gasteiger partial charge in [-0.05, 0) is 26.7 Å². The van der Waals surface area contributed by atoms with Crippen molar-refractivity contribution >= 4 is 18.3 Å². The fraction of sp³-hybridized carbons (Fsp3) is 0.917. The molecule has 6 heteroatoms. The summed E-state index contributed by atoms with van der Waals surface area (Å²) in [7, 11) is 0. The Balaban J connectivity index is 0.00000289. The highest BCUT2D eigenvalue weighted by Crippen LogP contribution is 2.10. The van der Waals surface area contributed by atoms with E-state index in [-0.39, 0.29) is 24.4 Å². The van der Waals surface area contributed by atoms with Gasteiger partial charge in [0.15, 0.2) is 0 Å². The van der Waals surface area contributed by atoms with Gasteiger partial charge < -0.3 is 20.1 Å². The van der Waals surface area contributed by atoms with Crippen molar-refractivity contribution < 1.29 is 14.3 Å². The Labute approximate surface area is 115 Å². The Morgan fingerprint density at radius 3 is 2.83 bits per heavy atom. The minimum absolute atomic E-state index is 0. The zero-order chi connectivity index (χ0) is 12.7. The molecule has 0 aliphatic carbocycles. The molecule has 0 spiro atoms. The van der Waals surface area contributed by atoms with E-state index >= 15 is 0 Å². The highest BCUT2D eigenvalue weighted by molar-refractivity contribution is 5.85. The van der Waals surface area contributed by atoms with E-state index in [1.54, 1.807) is 11.8 Å². The number of halogens is 1. The van der Waals surface area contributed by atoms with Crippen molar-refractivity contribution in [1.82, 2.24) is 4.90 Å². The number of carbonyl (C=O) groups excluding carboxylic acids is 1. The first kappa shape index (κ1) is 17.6. The van der Waals surface area contributed by atoms with Crippen molar-refractivity contribution in [2.75, 3.05) is 32.9 Å². The molecule has 0 saturated carbocycles. The summed E-state index contributed by atoms with van der Waals surface area (Å²) < 4.78 is 10.6. The van der Waals surface area contributed by atoms with Crippen molar-refractivity contribution in [2.24, 2.45) is 5.73 Å². The maximum absolute atomic E-state index is 12.0. The molecule has 2 N–H and O–H groups in total. The van der Waals surface area contributed by atoms with E-state index in [0.29, 0.717) is 26.4 Å². The third-order valence-corrected chi connectivity index (χ3v) is 2.92. The average Bonchev–Trinajstić information content (AvgIpc) is 2.33. The topological polar surface area (TPSA) is 64.8 Å². The van der Waals surface area contributed by atoms with Crippen LogP contribution in [0.15, 0.2) is 0 Å². The quantitative estimate of drug-likeness (QED) is 0.731. The average molecular weight is 281 g/mol. The number of ether oxygens (including phenoxy) is 2. The Morgan fingerprint density at radius 1 is 1.50 bits per heavy atom. The summed E-state index contributed by atoms with van der Waals surface area (Å²) in [4.78, 5) is 13.8. The van der Waals surface area contributed by atoms with Crippen LogP contribution in [0.5, 0.6) is 0 Å². The lowest BCUT2D eigenvalue weighted by atomic mass is 10.1. The van der Waals surface area contributed by atoms with Crippen LogP contribution in [0.2, 0.25) is 0 Å². The lowest BCUT2D eigenvalue weighted by molar-refractivity contribution is -0.144. The van der Waals surface area contributed by atoms with Gasteiger partial charge in [-0.2, -0.15) is 0 Å². The molecule has 0 aromatic rings. The van der Waals surface area contributed by atoms with Gasteiger partial charge >= 0.3 is 0 Å². The second-order valence-electron chi connectivity index (χ2n) is 4.40. The Bertz CT molecular complexity index is 241. The minimum atomic E-state index is -0.402. The molecule has 0 bridgehead atoms. The van der Waals surface area contributed by atoms with Crippen LogP contribution < -0.4 is 5.73 Å². The van der Waals surface area contributed by atoms with Crippen LogP contribution in [-0.4, -0.2) is 55.9 Å². The number of likely N-dealkylation sites (tertiary alicyclic amines) is 1. The standard InChI is InChI=1S/C12H24N2O3.ClH/c1-3-16-7-8-17-10(2)12(15)14-6-4-5-11(13)9-14;/h10-11H,3-9,13H2,1-2H3;1H. The zero-order valence-electron chi connectivity index (χ0n) is 11.3. The van der Waals surface area contributed by atoms with E-state index in [1.807, 2.05) is 6.92 Å². The molecule has 1 heterocycles. The Kier molecular flexibility index (Phi) is 9.36. The Morgan fingerprint density at radius 2 is 2.22 bits per heavy atom. The SMILES string of the molecule is CCOCCOC(C)C(=O)N1CCCC(N)C1.Cl. The molecule has 1 saturated heterocycles. The van der Waals surface area contributed by atoms with Crippen LogP contribution in [0.25, 0.3) is 0 Å². The number of hydrogen-bond acceptors (Lipinski definition) is 4. The fourth-order valence-corrected chi connectivity index (χ4v) is 1.97. The first-order chi connectivity index (χ1) is 8.15. The van der Waals surface area contributed by atoms with Gasteiger partial charge in [-0.15, -0.1) is 12.4 Å². The third kappa shape index (κ3) is 6.00. The second kappa shape index (κ2) is 9.55. The first-order valence-corrected chi connectivity index (χ1v) is 6.38. The molecule has 0 aromatic carbocycles. The van der Waals surface area contributed by atoms with Crippen LogP contribution in [0.1, 0.15) is 26.7 Å². The minimum Gasteiger partial charge on any atom is -0.379 e. The summed E-state index contributed by atoms with van der Waals surface area (Å²) >= 11 is 0. The number of hydrogen-bond donors (Lipinski definition) is 1. The van der Waals surface area contributed by atoms with Crippen molar-refractivity contribution in [2.45, 2.75) is 38.8 Å². The van der Waals surface area contributed by atoms with Gasteiger partial charge in [0.25, 0.3) is 5.91 Å². The summed E-state index contributed by atoms with van der Waals surface area (Å²) in [5.74, 6) is 0.0386. The number of rotatable bonds is 6. The molecule has 1 rings (SSSR count). The van der Waals surface area contributed by atoms with Crippen LogP contribution in [0.3, 0.4) is 0 Å². The predicted octanol–water partition coefficient (Wildman–Crippen LogP) is 0.800. The number of amides is 1.